The first-order valence-electron chi connectivity index (χ1n) is 8.22. The molecule has 4 saturated carbocycles. The number of carbonyl (C=O) groups is 2. The Bertz CT molecular complexity index is 393. The van der Waals surface area contributed by atoms with Crippen LogP contribution in [-0.4, -0.2) is 35.2 Å². The molecule has 0 spiro atoms. The molecule has 5 rings (SSSR count). The van der Waals surface area contributed by atoms with Crippen molar-refractivity contribution in [3.63, 3.8) is 0 Å². The molecule has 2 N–H and O–H groups in total. The third-order valence-corrected chi connectivity index (χ3v) is 5.87. The van der Waals surface area contributed by atoms with Crippen molar-refractivity contribution in [2.24, 2.45) is 23.2 Å². The van der Waals surface area contributed by atoms with Crippen molar-refractivity contribution in [3.05, 3.63) is 0 Å². The molecular weight excluding hydrogens is 288 g/mol. The Labute approximate surface area is 129 Å². The molecule has 1 atom stereocenters. The maximum Gasteiger partial charge on any atom is 0.516 e. The normalized spacial score (nSPS) is 41.6. The second kappa shape index (κ2) is 6.07. The molecule has 5 aliphatic rings. The van der Waals surface area contributed by atoms with Gasteiger partial charge < -0.3 is 19.7 Å². The molecule has 6 nitrogen and oxygen atoms in total. The van der Waals surface area contributed by atoms with E-state index in [1.165, 1.54) is 32.1 Å². The zero-order chi connectivity index (χ0) is 15.7. The second-order valence-corrected chi connectivity index (χ2v) is 7.42. The second-order valence-electron chi connectivity index (χ2n) is 7.42. The van der Waals surface area contributed by atoms with Crippen molar-refractivity contribution in [1.29, 1.82) is 0 Å². The van der Waals surface area contributed by atoms with Crippen LogP contribution in [0.15, 0.2) is 0 Å². The highest BCUT2D eigenvalue weighted by Crippen LogP contribution is 2.62. The van der Waals surface area contributed by atoms with Gasteiger partial charge in [0.25, 0.3) is 0 Å². The maximum atomic E-state index is 9.21. The molecule has 4 bridgehead atoms. The first-order valence-corrected chi connectivity index (χ1v) is 8.22. The summed E-state index contributed by atoms with van der Waals surface area (Å²) < 4.78 is 9.12. The first-order chi connectivity index (χ1) is 10.5. The summed E-state index contributed by atoms with van der Waals surface area (Å²) in [6.45, 7) is 1.05. The molecule has 22 heavy (non-hydrogen) atoms. The van der Waals surface area contributed by atoms with Crippen molar-refractivity contribution in [3.8, 4) is 0 Å². The number of hydrogen-bond acceptors (Lipinski definition) is 4. The monoisotopic (exact) mass is 312 g/mol. The predicted molar refractivity (Wildman–Crippen MR) is 76.7 cm³/mol. The zero-order valence-corrected chi connectivity index (χ0v) is 12.7. The number of rotatable bonds is 1. The number of ether oxygens (including phenoxy) is 2. The fourth-order valence-electron chi connectivity index (χ4n) is 5.71. The Balaban J connectivity index is 0.000000178. The van der Waals surface area contributed by atoms with Gasteiger partial charge >= 0.3 is 12.3 Å². The lowest BCUT2D eigenvalue weighted by molar-refractivity contribution is -0.125. The van der Waals surface area contributed by atoms with E-state index in [9.17, 15) is 9.59 Å². The van der Waals surface area contributed by atoms with Crippen molar-refractivity contribution < 1.29 is 29.3 Å². The molecule has 1 aliphatic heterocycles. The van der Waals surface area contributed by atoms with Crippen molar-refractivity contribution in [1.82, 2.24) is 0 Å². The summed E-state index contributed by atoms with van der Waals surface area (Å²) in [6, 6.07) is 0. The molecule has 5 fully saturated rings. The highest BCUT2D eigenvalue weighted by molar-refractivity contribution is 5.74. The predicted octanol–water partition coefficient (Wildman–Crippen LogP) is 3.74. The minimum Gasteiger partial charge on any atom is -0.449 e. The lowest BCUT2D eigenvalue weighted by Crippen LogP contribution is -2.51. The molecule has 0 amide bonds. The van der Waals surface area contributed by atoms with Gasteiger partial charge in [-0.3, -0.25) is 0 Å². The van der Waals surface area contributed by atoms with E-state index in [1.54, 1.807) is 19.3 Å². The number of hydrogen-bond donors (Lipinski definition) is 2. The van der Waals surface area contributed by atoms with Gasteiger partial charge in [-0.2, -0.15) is 0 Å². The van der Waals surface area contributed by atoms with Gasteiger partial charge in [-0.1, -0.05) is 0 Å². The van der Waals surface area contributed by atoms with Crippen LogP contribution in [0.2, 0.25) is 0 Å². The molecular formula is C16H24O6. The topological polar surface area (TPSA) is 93.1 Å². The van der Waals surface area contributed by atoms with Crippen LogP contribution in [0.3, 0.4) is 0 Å². The summed E-state index contributed by atoms with van der Waals surface area (Å²) in [6.07, 6.45) is 8.96. The standard InChI is InChI=1S/C14H22O.C2H2O5/c1-2-13(15-3-1)14-7-10-4-11(8-14)6-12(5-10)9-14;3-1(4)7-2(5)6/h10-13H,1-9H2;(H,3,4)(H,5,6). The van der Waals surface area contributed by atoms with E-state index in [-0.39, 0.29) is 0 Å². The fraction of sp³-hybridized carbons (Fsp3) is 0.875. The summed E-state index contributed by atoms with van der Waals surface area (Å²) in [4.78, 5) is 18.4. The van der Waals surface area contributed by atoms with Crippen molar-refractivity contribution in [2.75, 3.05) is 6.61 Å². The van der Waals surface area contributed by atoms with E-state index in [0.29, 0.717) is 11.5 Å². The Hall–Kier alpha value is -1.30. The van der Waals surface area contributed by atoms with Crippen LogP contribution >= 0.6 is 0 Å². The summed E-state index contributed by atoms with van der Waals surface area (Å²) in [5.41, 5.74) is 0.658. The average Bonchev–Trinajstić information content (AvgIpc) is 2.90. The van der Waals surface area contributed by atoms with Gasteiger partial charge in [0.2, 0.25) is 0 Å². The van der Waals surface area contributed by atoms with Gasteiger partial charge in [-0.25, -0.2) is 9.59 Å². The molecule has 0 radical (unpaired) electrons. The first kappa shape index (κ1) is 15.6. The van der Waals surface area contributed by atoms with Crippen molar-refractivity contribution >= 4 is 12.3 Å². The quantitative estimate of drug-likeness (QED) is 0.566. The Morgan fingerprint density at radius 1 is 0.955 bits per heavy atom. The average molecular weight is 312 g/mol. The van der Waals surface area contributed by atoms with Gasteiger partial charge in [-0.15, -0.1) is 0 Å². The van der Waals surface area contributed by atoms with Gasteiger partial charge in [-0.05, 0) is 74.5 Å². The molecule has 0 aromatic heterocycles. The van der Waals surface area contributed by atoms with Gasteiger partial charge in [0.1, 0.15) is 0 Å². The largest absolute Gasteiger partial charge is 0.516 e. The van der Waals surface area contributed by atoms with E-state index in [4.69, 9.17) is 14.9 Å². The molecule has 4 aliphatic carbocycles. The third-order valence-electron chi connectivity index (χ3n) is 5.87. The Morgan fingerprint density at radius 2 is 1.45 bits per heavy atom. The molecule has 0 aromatic carbocycles. The summed E-state index contributed by atoms with van der Waals surface area (Å²) >= 11 is 0. The van der Waals surface area contributed by atoms with E-state index in [1.807, 2.05) is 0 Å². The van der Waals surface area contributed by atoms with Gasteiger partial charge in [0, 0.05) is 6.61 Å². The fourth-order valence-corrected chi connectivity index (χ4v) is 5.71. The van der Waals surface area contributed by atoms with Gasteiger partial charge in [0.05, 0.1) is 6.10 Å². The van der Waals surface area contributed by atoms with Crippen LogP contribution in [0.4, 0.5) is 9.59 Å². The zero-order valence-electron chi connectivity index (χ0n) is 12.7. The van der Waals surface area contributed by atoms with Crippen LogP contribution in [-0.2, 0) is 9.47 Å². The van der Waals surface area contributed by atoms with Crippen LogP contribution < -0.4 is 0 Å². The van der Waals surface area contributed by atoms with Crippen LogP contribution in [0.5, 0.6) is 0 Å². The third kappa shape index (κ3) is 3.21. The Kier molecular flexibility index (Phi) is 4.30. The molecule has 1 unspecified atom stereocenters. The maximum absolute atomic E-state index is 9.21. The van der Waals surface area contributed by atoms with Crippen LogP contribution in [0, 0.1) is 23.2 Å². The highest BCUT2D eigenvalue weighted by atomic mass is 16.7. The number of carboxylic acid groups (broad SMARTS) is 2. The highest BCUT2D eigenvalue weighted by Gasteiger charge is 2.54. The summed E-state index contributed by atoms with van der Waals surface area (Å²) in [7, 11) is 0. The lowest BCUT2D eigenvalue weighted by Gasteiger charge is -2.58. The lowest BCUT2D eigenvalue weighted by atomic mass is 9.48. The molecule has 1 saturated heterocycles. The van der Waals surface area contributed by atoms with E-state index in [0.717, 1.165) is 24.4 Å². The SMILES string of the molecule is C1COC(C23CC4CC(CC(C4)C2)C3)C1.O=C(O)OC(=O)O. The minimum atomic E-state index is -1.81. The summed E-state index contributed by atoms with van der Waals surface area (Å²) in [5, 5.41) is 15.0. The molecule has 0 aromatic rings. The minimum absolute atomic E-state index is 0.658. The van der Waals surface area contributed by atoms with Gasteiger partial charge in [0.15, 0.2) is 0 Å². The van der Waals surface area contributed by atoms with Crippen LogP contribution in [0.25, 0.3) is 0 Å². The molecule has 124 valence electrons. The van der Waals surface area contributed by atoms with E-state index < -0.39 is 12.3 Å². The molecule has 6 heteroatoms. The summed E-state index contributed by atoms with van der Waals surface area (Å²) in [5.74, 6) is 3.25. The van der Waals surface area contributed by atoms with E-state index >= 15 is 0 Å². The van der Waals surface area contributed by atoms with Crippen molar-refractivity contribution in [2.45, 2.75) is 57.5 Å². The molecule has 1 heterocycles. The smallest absolute Gasteiger partial charge is 0.449 e. The van der Waals surface area contributed by atoms with Crippen LogP contribution in [0.1, 0.15) is 51.4 Å². The Morgan fingerprint density at radius 3 is 1.77 bits per heavy atom. The van der Waals surface area contributed by atoms with E-state index in [2.05, 4.69) is 4.74 Å².